The molecule has 2 aromatic carbocycles. The van der Waals surface area contributed by atoms with Gasteiger partial charge in [0.1, 0.15) is 11.5 Å². The standard InChI is InChI=1S/C24H16ClNO4/c25-18-8-6-16(7-9-18)22-13-11-20(30-22)10-12-21(27)17-3-1-4-19(15-17)26-24(28)23-5-2-14-29-23/h1-15H,(H,26,28)/b12-10+. The molecule has 1 N–H and O–H groups in total. The van der Waals surface area contributed by atoms with Gasteiger partial charge in [0.2, 0.25) is 0 Å². The first-order valence-corrected chi connectivity index (χ1v) is 9.49. The Labute approximate surface area is 177 Å². The van der Waals surface area contributed by atoms with E-state index in [4.69, 9.17) is 20.4 Å². The highest BCUT2D eigenvalue weighted by Crippen LogP contribution is 2.24. The molecule has 2 aromatic heterocycles. The Kier molecular flexibility index (Phi) is 5.63. The maximum atomic E-state index is 12.5. The first-order chi connectivity index (χ1) is 14.6. The van der Waals surface area contributed by atoms with Crippen molar-refractivity contribution in [2.24, 2.45) is 0 Å². The lowest BCUT2D eigenvalue weighted by atomic mass is 10.1. The van der Waals surface area contributed by atoms with E-state index in [1.54, 1.807) is 60.7 Å². The zero-order valence-electron chi connectivity index (χ0n) is 15.7. The van der Waals surface area contributed by atoms with Crippen LogP contribution in [0.2, 0.25) is 5.02 Å². The summed E-state index contributed by atoms with van der Waals surface area (Å²) in [5, 5.41) is 3.35. The molecule has 0 fully saturated rings. The number of benzene rings is 2. The van der Waals surface area contributed by atoms with Crippen LogP contribution >= 0.6 is 11.6 Å². The summed E-state index contributed by atoms with van der Waals surface area (Å²) in [4.78, 5) is 24.6. The van der Waals surface area contributed by atoms with E-state index in [2.05, 4.69) is 5.32 Å². The molecule has 2 heterocycles. The van der Waals surface area contributed by atoms with Crippen molar-refractivity contribution in [3.05, 3.63) is 107 Å². The first kappa shape index (κ1) is 19.5. The lowest BCUT2D eigenvalue weighted by molar-refractivity contribution is 0.0994. The van der Waals surface area contributed by atoms with E-state index in [0.29, 0.717) is 27.8 Å². The predicted octanol–water partition coefficient (Wildman–Crippen LogP) is 6.34. The summed E-state index contributed by atoms with van der Waals surface area (Å²) < 4.78 is 10.8. The molecule has 0 bridgehead atoms. The minimum Gasteiger partial charge on any atom is -0.459 e. The second-order valence-electron chi connectivity index (χ2n) is 6.42. The monoisotopic (exact) mass is 417 g/mol. The third-order valence-electron chi connectivity index (χ3n) is 4.30. The molecule has 0 aliphatic rings. The average Bonchev–Trinajstić information content (AvgIpc) is 3.45. The van der Waals surface area contributed by atoms with Crippen molar-refractivity contribution in [3.8, 4) is 11.3 Å². The van der Waals surface area contributed by atoms with E-state index < -0.39 is 0 Å². The SMILES string of the molecule is O=C(/C=C/c1ccc(-c2ccc(Cl)cc2)o1)c1cccc(NC(=O)c2ccco2)c1. The van der Waals surface area contributed by atoms with Crippen LogP contribution in [0.5, 0.6) is 0 Å². The number of ketones is 1. The largest absolute Gasteiger partial charge is 0.459 e. The van der Waals surface area contributed by atoms with Crippen molar-refractivity contribution >= 4 is 35.1 Å². The fraction of sp³-hybridized carbons (Fsp3) is 0. The van der Waals surface area contributed by atoms with E-state index in [9.17, 15) is 9.59 Å². The molecule has 0 aliphatic carbocycles. The van der Waals surface area contributed by atoms with Gasteiger partial charge in [-0.05, 0) is 72.8 Å². The van der Waals surface area contributed by atoms with Gasteiger partial charge < -0.3 is 14.2 Å². The summed E-state index contributed by atoms with van der Waals surface area (Å²) in [6.07, 6.45) is 4.46. The van der Waals surface area contributed by atoms with Crippen molar-refractivity contribution < 1.29 is 18.4 Å². The minimum atomic E-state index is -0.384. The molecule has 4 rings (SSSR count). The third kappa shape index (κ3) is 4.59. The van der Waals surface area contributed by atoms with Crippen LogP contribution in [-0.4, -0.2) is 11.7 Å². The first-order valence-electron chi connectivity index (χ1n) is 9.11. The number of allylic oxidation sites excluding steroid dienone is 1. The van der Waals surface area contributed by atoms with Gasteiger partial charge in [0, 0.05) is 21.8 Å². The van der Waals surface area contributed by atoms with Gasteiger partial charge in [-0.1, -0.05) is 23.7 Å². The number of halogens is 1. The fourth-order valence-corrected chi connectivity index (χ4v) is 2.94. The summed E-state index contributed by atoms with van der Waals surface area (Å²) >= 11 is 5.90. The highest BCUT2D eigenvalue weighted by atomic mass is 35.5. The van der Waals surface area contributed by atoms with Crippen LogP contribution in [0.25, 0.3) is 17.4 Å². The minimum absolute atomic E-state index is 0.195. The van der Waals surface area contributed by atoms with Crippen molar-refractivity contribution in [3.63, 3.8) is 0 Å². The van der Waals surface area contributed by atoms with Gasteiger partial charge in [-0.15, -0.1) is 0 Å². The van der Waals surface area contributed by atoms with Gasteiger partial charge in [-0.2, -0.15) is 0 Å². The normalized spacial score (nSPS) is 11.0. The Bertz CT molecular complexity index is 1200. The molecule has 0 aliphatic heterocycles. The quantitative estimate of drug-likeness (QED) is 0.293. The maximum absolute atomic E-state index is 12.5. The van der Waals surface area contributed by atoms with E-state index in [0.717, 1.165) is 5.56 Å². The molecule has 5 nitrogen and oxygen atoms in total. The van der Waals surface area contributed by atoms with Crippen LogP contribution in [0.4, 0.5) is 5.69 Å². The zero-order valence-corrected chi connectivity index (χ0v) is 16.4. The second-order valence-corrected chi connectivity index (χ2v) is 6.86. The summed E-state index contributed by atoms with van der Waals surface area (Å²) in [6.45, 7) is 0. The highest BCUT2D eigenvalue weighted by Gasteiger charge is 2.10. The number of rotatable bonds is 6. The van der Waals surface area contributed by atoms with Gasteiger partial charge in [-0.3, -0.25) is 9.59 Å². The summed E-state index contributed by atoms with van der Waals surface area (Å²) in [5.41, 5.74) is 1.83. The number of furan rings is 2. The number of amides is 1. The number of hydrogen-bond donors (Lipinski definition) is 1. The number of carbonyl (C=O) groups is 2. The van der Waals surface area contributed by atoms with Gasteiger partial charge in [0.15, 0.2) is 11.5 Å². The van der Waals surface area contributed by atoms with Crippen molar-refractivity contribution in [1.29, 1.82) is 0 Å². The predicted molar refractivity (Wildman–Crippen MR) is 116 cm³/mol. The van der Waals surface area contributed by atoms with Crippen LogP contribution in [0.3, 0.4) is 0 Å². The Morgan fingerprint density at radius 2 is 1.77 bits per heavy atom. The number of carbonyl (C=O) groups excluding carboxylic acids is 2. The van der Waals surface area contributed by atoms with Crippen LogP contribution in [0.1, 0.15) is 26.7 Å². The highest BCUT2D eigenvalue weighted by molar-refractivity contribution is 6.30. The van der Waals surface area contributed by atoms with Crippen LogP contribution in [0, 0.1) is 0 Å². The fourth-order valence-electron chi connectivity index (χ4n) is 2.82. The van der Waals surface area contributed by atoms with Gasteiger partial charge in [-0.25, -0.2) is 0 Å². The molecule has 6 heteroatoms. The van der Waals surface area contributed by atoms with Gasteiger partial charge >= 0.3 is 0 Å². The molecule has 0 atom stereocenters. The zero-order chi connectivity index (χ0) is 20.9. The lowest BCUT2D eigenvalue weighted by Gasteiger charge is -2.04. The number of hydrogen-bond acceptors (Lipinski definition) is 4. The average molecular weight is 418 g/mol. The molecular weight excluding hydrogens is 402 g/mol. The van der Waals surface area contributed by atoms with E-state index >= 15 is 0 Å². The smallest absolute Gasteiger partial charge is 0.291 e. The molecule has 30 heavy (non-hydrogen) atoms. The molecule has 148 valence electrons. The third-order valence-corrected chi connectivity index (χ3v) is 4.56. The van der Waals surface area contributed by atoms with E-state index in [1.807, 2.05) is 18.2 Å². The lowest BCUT2D eigenvalue weighted by Crippen LogP contribution is -2.11. The summed E-state index contributed by atoms with van der Waals surface area (Å²) in [7, 11) is 0. The maximum Gasteiger partial charge on any atom is 0.291 e. The Morgan fingerprint density at radius 1 is 0.933 bits per heavy atom. The summed E-state index contributed by atoms with van der Waals surface area (Å²) in [6, 6.07) is 20.8. The molecule has 0 spiro atoms. The van der Waals surface area contributed by atoms with Crippen molar-refractivity contribution in [2.75, 3.05) is 5.32 Å². The molecule has 1 amide bonds. The Balaban J connectivity index is 1.44. The number of nitrogens with one attached hydrogen (secondary N) is 1. The molecule has 4 aromatic rings. The second kappa shape index (κ2) is 8.68. The Hall–Kier alpha value is -3.83. The molecule has 0 saturated heterocycles. The van der Waals surface area contributed by atoms with Gasteiger partial charge in [0.05, 0.1) is 6.26 Å². The van der Waals surface area contributed by atoms with Crippen LogP contribution in [-0.2, 0) is 0 Å². The van der Waals surface area contributed by atoms with Crippen LogP contribution < -0.4 is 5.32 Å². The van der Waals surface area contributed by atoms with E-state index in [-0.39, 0.29) is 17.5 Å². The number of anilines is 1. The molecule has 0 saturated carbocycles. The van der Waals surface area contributed by atoms with Crippen molar-refractivity contribution in [1.82, 2.24) is 0 Å². The summed E-state index contributed by atoms with van der Waals surface area (Å²) in [5.74, 6) is 0.830. The van der Waals surface area contributed by atoms with Crippen molar-refractivity contribution in [2.45, 2.75) is 0 Å². The molecule has 0 unspecified atom stereocenters. The molecule has 0 radical (unpaired) electrons. The van der Waals surface area contributed by atoms with E-state index in [1.165, 1.54) is 12.3 Å². The van der Waals surface area contributed by atoms with Gasteiger partial charge in [0.25, 0.3) is 5.91 Å². The van der Waals surface area contributed by atoms with Crippen LogP contribution in [0.15, 0.2) is 94.0 Å². The topological polar surface area (TPSA) is 72.5 Å². The Morgan fingerprint density at radius 3 is 2.53 bits per heavy atom. The molecular formula is C24H16ClNO4.